The molecule has 1 aromatic heterocycles. The third kappa shape index (κ3) is 2.67. The zero-order valence-electron chi connectivity index (χ0n) is 14.2. The van der Waals surface area contributed by atoms with Crippen LogP contribution in [0.15, 0.2) is 71.1 Å². The van der Waals surface area contributed by atoms with Crippen LogP contribution in [0, 0.1) is 10.1 Å². The van der Waals surface area contributed by atoms with Crippen molar-refractivity contribution < 1.29 is 9.66 Å². The van der Waals surface area contributed by atoms with Crippen molar-refractivity contribution in [1.82, 2.24) is 5.01 Å². The quantitative estimate of drug-likeness (QED) is 0.481. The Morgan fingerprint density at radius 2 is 2.04 bits per heavy atom. The lowest BCUT2D eigenvalue weighted by Gasteiger charge is -2.38. The van der Waals surface area contributed by atoms with Crippen LogP contribution >= 0.6 is 11.3 Å². The van der Waals surface area contributed by atoms with Gasteiger partial charge in [-0.1, -0.05) is 36.4 Å². The van der Waals surface area contributed by atoms with Gasteiger partial charge in [0.15, 0.2) is 0 Å². The molecule has 7 heteroatoms. The Kier molecular flexibility index (Phi) is 3.68. The Morgan fingerprint density at radius 3 is 2.85 bits per heavy atom. The van der Waals surface area contributed by atoms with E-state index in [2.05, 4.69) is 12.1 Å². The smallest absolute Gasteiger partial charge is 0.269 e. The average molecular weight is 377 g/mol. The van der Waals surface area contributed by atoms with Crippen LogP contribution in [-0.2, 0) is 0 Å². The van der Waals surface area contributed by atoms with Gasteiger partial charge >= 0.3 is 0 Å². The van der Waals surface area contributed by atoms with Crippen LogP contribution in [-0.4, -0.2) is 15.6 Å². The highest BCUT2D eigenvalue weighted by Crippen LogP contribution is 2.47. The first kappa shape index (κ1) is 16.0. The van der Waals surface area contributed by atoms with Gasteiger partial charge in [-0.25, -0.2) is 5.01 Å². The second kappa shape index (κ2) is 6.21. The molecule has 2 aromatic carbocycles. The molecule has 134 valence electrons. The van der Waals surface area contributed by atoms with E-state index in [-0.39, 0.29) is 16.7 Å². The van der Waals surface area contributed by atoms with E-state index in [4.69, 9.17) is 9.84 Å². The van der Waals surface area contributed by atoms with E-state index in [1.807, 2.05) is 40.7 Å². The Labute approximate surface area is 159 Å². The van der Waals surface area contributed by atoms with Gasteiger partial charge in [-0.05, 0) is 17.5 Å². The first-order valence-electron chi connectivity index (χ1n) is 8.60. The molecular weight excluding hydrogens is 362 g/mol. The lowest BCUT2D eigenvalue weighted by Crippen LogP contribution is -2.33. The molecule has 0 saturated carbocycles. The van der Waals surface area contributed by atoms with E-state index in [1.165, 1.54) is 6.07 Å². The Balaban J connectivity index is 1.61. The van der Waals surface area contributed by atoms with E-state index >= 15 is 0 Å². The van der Waals surface area contributed by atoms with Gasteiger partial charge in [-0.15, -0.1) is 11.3 Å². The number of rotatable bonds is 3. The standard InChI is InChI=1S/C20H15N3O3S/c24-23(25)14-6-3-5-13(11-14)20-22-17(15-7-1-2-8-18(15)26-20)12-16(21-22)19-9-4-10-27-19/h1-11,17,20H,12H2/t17-,20+/m1/s1. The van der Waals surface area contributed by atoms with Gasteiger partial charge in [0.2, 0.25) is 6.23 Å². The summed E-state index contributed by atoms with van der Waals surface area (Å²) >= 11 is 1.66. The van der Waals surface area contributed by atoms with E-state index in [0.717, 1.165) is 33.9 Å². The van der Waals surface area contributed by atoms with Crippen LogP contribution in [0.1, 0.15) is 34.7 Å². The number of nitro benzene ring substituents is 1. The monoisotopic (exact) mass is 377 g/mol. The van der Waals surface area contributed by atoms with Crippen molar-refractivity contribution in [1.29, 1.82) is 0 Å². The molecule has 2 aliphatic heterocycles. The minimum atomic E-state index is -0.498. The average Bonchev–Trinajstić information content (AvgIpc) is 3.37. The zero-order valence-corrected chi connectivity index (χ0v) is 15.0. The summed E-state index contributed by atoms with van der Waals surface area (Å²) in [7, 11) is 0. The number of nitro groups is 1. The maximum atomic E-state index is 11.2. The summed E-state index contributed by atoms with van der Waals surface area (Å²) in [4.78, 5) is 11.9. The summed E-state index contributed by atoms with van der Waals surface area (Å²) in [5.74, 6) is 0.804. The van der Waals surface area contributed by atoms with Crippen LogP contribution in [0.2, 0.25) is 0 Å². The molecule has 2 aliphatic rings. The van der Waals surface area contributed by atoms with Gasteiger partial charge in [-0.3, -0.25) is 10.1 Å². The minimum absolute atomic E-state index is 0.0492. The molecule has 0 bridgehead atoms. The van der Waals surface area contributed by atoms with Gasteiger partial charge in [0, 0.05) is 29.7 Å². The molecule has 3 heterocycles. The fraction of sp³-hybridized carbons (Fsp3) is 0.150. The number of hydrazone groups is 1. The van der Waals surface area contributed by atoms with Crippen molar-refractivity contribution >= 4 is 22.7 Å². The summed E-state index contributed by atoms with van der Waals surface area (Å²) in [6, 6.07) is 18.7. The summed E-state index contributed by atoms with van der Waals surface area (Å²) < 4.78 is 6.23. The second-order valence-corrected chi connectivity index (χ2v) is 7.43. The summed E-state index contributed by atoms with van der Waals surface area (Å²) in [6.45, 7) is 0. The van der Waals surface area contributed by atoms with E-state index in [1.54, 1.807) is 23.5 Å². The van der Waals surface area contributed by atoms with Crippen molar-refractivity contribution in [3.05, 3.63) is 92.2 Å². The van der Waals surface area contributed by atoms with Crippen LogP contribution in [0.25, 0.3) is 0 Å². The van der Waals surface area contributed by atoms with Crippen LogP contribution in [0.3, 0.4) is 0 Å². The van der Waals surface area contributed by atoms with Crippen LogP contribution in [0.5, 0.6) is 5.75 Å². The summed E-state index contributed by atoms with van der Waals surface area (Å²) in [5.41, 5.74) is 2.88. The van der Waals surface area contributed by atoms with Gasteiger partial charge in [0.1, 0.15) is 5.75 Å². The molecule has 5 rings (SSSR count). The highest BCUT2D eigenvalue weighted by molar-refractivity contribution is 7.12. The first-order chi connectivity index (χ1) is 13.2. The highest BCUT2D eigenvalue weighted by atomic mass is 32.1. The molecule has 0 radical (unpaired) electrons. The van der Waals surface area contributed by atoms with Gasteiger partial charge in [0.25, 0.3) is 5.69 Å². The van der Waals surface area contributed by atoms with Crippen molar-refractivity contribution in [2.75, 3.05) is 0 Å². The van der Waals surface area contributed by atoms with Crippen molar-refractivity contribution in [3.63, 3.8) is 0 Å². The number of nitrogens with zero attached hydrogens (tertiary/aromatic N) is 3. The minimum Gasteiger partial charge on any atom is -0.464 e. The maximum Gasteiger partial charge on any atom is 0.269 e. The molecule has 6 nitrogen and oxygen atoms in total. The SMILES string of the molecule is O=[N+]([O-])c1cccc([C@@H]2Oc3ccccc3[C@H]3CC(c4cccs4)=NN32)c1. The van der Waals surface area contributed by atoms with Crippen molar-refractivity contribution in [3.8, 4) is 5.75 Å². The zero-order chi connectivity index (χ0) is 18.4. The lowest BCUT2D eigenvalue weighted by molar-refractivity contribution is -0.385. The van der Waals surface area contributed by atoms with E-state index in [9.17, 15) is 10.1 Å². The molecule has 0 saturated heterocycles. The number of benzene rings is 2. The number of fused-ring (bicyclic) bond motifs is 3. The molecule has 0 N–H and O–H groups in total. The Hall–Kier alpha value is -3.19. The third-order valence-electron chi connectivity index (χ3n) is 4.87. The van der Waals surface area contributed by atoms with Gasteiger partial charge < -0.3 is 4.74 Å². The predicted molar refractivity (Wildman–Crippen MR) is 103 cm³/mol. The molecular formula is C20H15N3O3S. The predicted octanol–water partition coefficient (Wildman–Crippen LogP) is 4.90. The number of hydrogen-bond acceptors (Lipinski definition) is 6. The molecule has 0 aliphatic carbocycles. The topological polar surface area (TPSA) is 68.0 Å². The largest absolute Gasteiger partial charge is 0.464 e. The fourth-order valence-electron chi connectivity index (χ4n) is 3.64. The van der Waals surface area contributed by atoms with Crippen molar-refractivity contribution in [2.45, 2.75) is 18.7 Å². The lowest BCUT2D eigenvalue weighted by atomic mass is 9.97. The number of ether oxygens (including phenoxy) is 1. The van der Waals surface area contributed by atoms with E-state index in [0.29, 0.717) is 0 Å². The molecule has 27 heavy (non-hydrogen) atoms. The number of non-ortho nitro benzene ring substituents is 1. The van der Waals surface area contributed by atoms with Crippen LogP contribution in [0.4, 0.5) is 5.69 Å². The molecule has 2 atom stereocenters. The molecule has 0 fully saturated rings. The van der Waals surface area contributed by atoms with Crippen molar-refractivity contribution in [2.24, 2.45) is 5.10 Å². The van der Waals surface area contributed by atoms with Gasteiger partial charge in [0.05, 0.1) is 21.6 Å². The first-order valence-corrected chi connectivity index (χ1v) is 9.48. The number of hydrogen-bond donors (Lipinski definition) is 0. The molecule has 0 amide bonds. The summed E-state index contributed by atoms with van der Waals surface area (Å²) in [5, 5.41) is 20.0. The third-order valence-corrected chi connectivity index (χ3v) is 5.79. The van der Waals surface area contributed by atoms with Gasteiger partial charge in [-0.2, -0.15) is 5.10 Å². The fourth-order valence-corrected chi connectivity index (χ4v) is 4.36. The normalized spacial score (nSPS) is 20.4. The van der Waals surface area contributed by atoms with E-state index < -0.39 is 6.23 Å². The second-order valence-electron chi connectivity index (χ2n) is 6.48. The highest BCUT2D eigenvalue weighted by Gasteiger charge is 2.41. The Morgan fingerprint density at radius 1 is 1.15 bits per heavy atom. The number of thiophene rings is 1. The molecule has 3 aromatic rings. The molecule has 0 unspecified atom stereocenters. The Bertz CT molecular complexity index is 1050. The maximum absolute atomic E-state index is 11.2. The number of para-hydroxylation sites is 1. The molecule has 0 spiro atoms. The van der Waals surface area contributed by atoms with Crippen LogP contribution < -0.4 is 4.74 Å². The summed E-state index contributed by atoms with van der Waals surface area (Å²) in [6.07, 6.45) is 0.286.